The molecule has 3 rings (SSSR count). The second kappa shape index (κ2) is 7.49. The third kappa shape index (κ3) is 3.89. The molecular weight excluding hydrogens is 312 g/mol. The predicted molar refractivity (Wildman–Crippen MR) is 99.2 cm³/mol. The van der Waals surface area contributed by atoms with E-state index < -0.39 is 0 Å². The van der Waals surface area contributed by atoms with Crippen molar-refractivity contribution in [3.63, 3.8) is 0 Å². The van der Waals surface area contributed by atoms with Crippen LogP contribution in [-0.2, 0) is 13.0 Å². The van der Waals surface area contributed by atoms with E-state index in [0.717, 1.165) is 56.2 Å². The molecule has 0 atom stereocenters. The molecule has 0 unspecified atom stereocenters. The largest absolute Gasteiger partial charge is 0.368 e. The number of aryl methyl sites for hydroxylation is 1. The molecule has 6 nitrogen and oxygen atoms in total. The zero-order chi connectivity index (χ0) is 17.8. The molecule has 0 bridgehead atoms. The molecule has 1 saturated heterocycles. The molecule has 25 heavy (non-hydrogen) atoms. The maximum atomic E-state index is 9.03. The lowest BCUT2D eigenvalue weighted by molar-refractivity contribution is 0.249. The van der Waals surface area contributed by atoms with Crippen LogP contribution >= 0.6 is 0 Å². The highest BCUT2D eigenvalue weighted by molar-refractivity contribution is 5.52. The van der Waals surface area contributed by atoms with Crippen molar-refractivity contribution >= 4 is 11.8 Å². The number of nitrogens with zero attached hydrogens (tertiary/aromatic N) is 5. The average molecular weight is 336 g/mol. The second-order valence-electron chi connectivity index (χ2n) is 6.40. The van der Waals surface area contributed by atoms with Gasteiger partial charge in [-0.3, -0.25) is 4.90 Å². The third-order valence-corrected chi connectivity index (χ3v) is 4.70. The summed E-state index contributed by atoms with van der Waals surface area (Å²) < 4.78 is 0. The van der Waals surface area contributed by atoms with E-state index in [2.05, 4.69) is 38.8 Å². The first-order valence-corrected chi connectivity index (χ1v) is 8.70. The van der Waals surface area contributed by atoms with Gasteiger partial charge in [0.15, 0.2) is 0 Å². The lowest BCUT2D eigenvalue weighted by atomic mass is 10.1. The van der Waals surface area contributed by atoms with Gasteiger partial charge in [-0.2, -0.15) is 10.2 Å². The molecule has 0 amide bonds. The van der Waals surface area contributed by atoms with Gasteiger partial charge in [-0.1, -0.05) is 19.1 Å². The molecular formula is C19H24N6. The molecule has 0 aliphatic carbocycles. The normalized spacial score (nSPS) is 15.2. The zero-order valence-corrected chi connectivity index (χ0v) is 14.9. The van der Waals surface area contributed by atoms with Gasteiger partial charge in [0.25, 0.3) is 0 Å². The number of nitrogens with two attached hydrogens (primary N) is 1. The zero-order valence-electron chi connectivity index (χ0n) is 14.9. The van der Waals surface area contributed by atoms with Gasteiger partial charge in [-0.25, -0.2) is 4.98 Å². The first-order valence-electron chi connectivity index (χ1n) is 8.70. The summed E-state index contributed by atoms with van der Waals surface area (Å²) in [5.41, 5.74) is 9.92. The van der Waals surface area contributed by atoms with Crippen LogP contribution in [0.1, 0.15) is 29.3 Å². The minimum atomic E-state index is 0.348. The van der Waals surface area contributed by atoms with Crippen molar-refractivity contribution in [2.75, 3.05) is 36.8 Å². The maximum absolute atomic E-state index is 9.03. The van der Waals surface area contributed by atoms with Crippen molar-refractivity contribution in [2.24, 2.45) is 0 Å². The summed E-state index contributed by atoms with van der Waals surface area (Å²) in [4.78, 5) is 13.5. The van der Waals surface area contributed by atoms with Crippen molar-refractivity contribution in [2.45, 2.75) is 26.8 Å². The SMILES string of the molecule is CCc1c(C)nc(N)nc1N1CCN(Cc2cccc(C#N)c2)CC1. The van der Waals surface area contributed by atoms with E-state index in [1.54, 1.807) is 0 Å². The lowest BCUT2D eigenvalue weighted by Gasteiger charge is -2.36. The maximum Gasteiger partial charge on any atom is 0.222 e. The summed E-state index contributed by atoms with van der Waals surface area (Å²) in [6.45, 7) is 8.75. The Kier molecular flexibility index (Phi) is 5.15. The molecule has 1 aromatic heterocycles. The minimum Gasteiger partial charge on any atom is -0.368 e. The fraction of sp³-hybridized carbons (Fsp3) is 0.421. The van der Waals surface area contributed by atoms with E-state index in [9.17, 15) is 0 Å². The predicted octanol–water partition coefficient (Wildman–Crippen LogP) is 2.12. The first kappa shape index (κ1) is 17.2. The fourth-order valence-electron chi connectivity index (χ4n) is 3.39. The number of hydrogen-bond donors (Lipinski definition) is 1. The first-order chi connectivity index (χ1) is 12.1. The molecule has 0 saturated carbocycles. The minimum absolute atomic E-state index is 0.348. The van der Waals surface area contributed by atoms with Gasteiger partial charge in [-0.05, 0) is 31.0 Å². The molecule has 1 aromatic carbocycles. The third-order valence-electron chi connectivity index (χ3n) is 4.70. The smallest absolute Gasteiger partial charge is 0.222 e. The highest BCUT2D eigenvalue weighted by Crippen LogP contribution is 2.23. The molecule has 0 spiro atoms. The number of anilines is 2. The summed E-state index contributed by atoms with van der Waals surface area (Å²) >= 11 is 0. The quantitative estimate of drug-likeness (QED) is 0.921. The Labute approximate surface area is 148 Å². The number of aromatic nitrogens is 2. The van der Waals surface area contributed by atoms with Crippen molar-refractivity contribution in [3.8, 4) is 6.07 Å². The second-order valence-corrected chi connectivity index (χ2v) is 6.40. The van der Waals surface area contributed by atoms with Crippen LogP contribution in [0.5, 0.6) is 0 Å². The van der Waals surface area contributed by atoms with Crippen LogP contribution in [0.15, 0.2) is 24.3 Å². The van der Waals surface area contributed by atoms with Gasteiger partial charge >= 0.3 is 0 Å². The number of rotatable bonds is 4. The number of piperazine rings is 1. The Morgan fingerprint density at radius 2 is 1.96 bits per heavy atom. The van der Waals surface area contributed by atoms with E-state index >= 15 is 0 Å². The molecule has 130 valence electrons. The van der Waals surface area contributed by atoms with Crippen molar-refractivity contribution < 1.29 is 0 Å². The van der Waals surface area contributed by atoms with Gasteiger partial charge < -0.3 is 10.6 Å². The van der Waals surface area contributed by atoms with Gasteiger partial charge in [0.1, 0.15) is 5.82 Å². The molecule has 1 aliphatic rings. The molecule has 2 aromatic rings. The van der Waals surface area contributed by atoms with Crippen LogP contribution in [0.25, 0.3) is 0 Å². The van der Waals surface area contributed by atoms with Crippen LogP contribution in [0.4, 0.5) is 11.8 Å². The highest BCUT2D eigenvalue weighted by atomic mass is 15.3. The number of hydrogen-bond acceptors (Lipinski definition) is 6. The Hall–Kier alpha value is -2.65. The fourth-order valence-corrected chi connectivity index (χ4v) is 3.39. The topological polar surface area (TPSA) is 82.1 Å². The average Bonchev–Trinajstić information content (AvgIpc) is 2.62. The van der Waals surface area contributed by atoms with Crippen LogP contribution < -0.4 is 10.6 Å². The van der Waals surface area contributed by atoms with Gasteiger partial charge in [0, 0.05) is 44.0 Å². The molecule has 1 aliphatic heterocycles. The van der Waals surface area contributed by atoms with Crippen LogP contribution in [0.2, 0.25) is 0 Å². The molecule has 1 fully saturated rings. The Morgan fingerprint density at radius 3 is 2.64 bits per heavy atom. The summed E-state index contributed by atoms with van der Waals surface area (Å²) in [5.74, 6) is 1.33. The monoisotopic (exact) mass is 336 g/mol. The van der Waals surface area contributed by atoms with Crippen molar-refractivity contribution in [1.29, 1.82) is 5.26 Å². The van der Waals surface area contributed by atoms with Crippen LogP contribution in [0.3, 0.4) is 0 Å². The van der Waals surface area contributed by atoms with Crippen LogP contribution in [0, 0.1) is 18.3 Å². The summed E-state index contributed by atoms with van der Waals surface area (Å²) in [7, 11) is 0. The Balaban J connectivity index is 1.67. The van der Waals surface area contributed by atoms with Gasteiger partial charge in [0.2, 0.25) is 5.95 Å². The van der Waals surface area contributed by atoms with E-state index in [-0.39, 0.29) is 0 Å². The van der Waals surface area contributed by atoms with E-state index in [1.807, 2.05) is 25.1 Å². The molecule has 6 heteroatoms. The van der Waals surface area contributed by atoms with Crippen molar-refractivity contribution in [3.05, 3.63) is 46.6 Å². The number of nitrogen functional groups attached to an aromatic ring is 1. The number of benzene rings is 1. The van der Waals surface area contributed by atoms with Crippen molar-refractivity contribution in [1.82, 2.24) is 14.9 Å². The van der Waals surface area contributed by atoms with E-state index in [4.69, 9.17) is 11.0 Å². The van der Waals surface area contributed by atoms with Crippen LogP contribution in [-0.4, -0.2) is 41.0 Å². The summed E-state index contributed by atoms with van der Waals surface area (Å²) in [6.07, 6.45) is 0.905. The summed E-state index contributed by atoms with van der Waals surface area (Å²) in [5, 5.41) is 9.03. The van der Waals surface area contributed by atoms with E-state index in [0.29, 0.717) is 5.95 Å². The summed E-state index contributed by atoms with van der Waals surface area (Å²) in [6, 6.07) is 10.0. The van der Waals surface area contributed by atoms with E-state index in [1.165, 1.54) is 11.1 Å². The highest BCUT2D eigenvalue weighted by Gasteiger charge is 2.21. The van der Waals surface area contributed by atoms with Gasteiger partial charge in [-0.15, -0.1) is 0 Å². The number of nitriles is 1. The molecule has 2 N–H and O–H groups in total. The Morgan fingerprint density at radius 1 is 1.20 bits per heavy atom. The Bertz CT molecular complexity index is 787. The van der Waals surface area contributed by atoms with Gasteiger partial charge in [0.05, 0.1) is 11.6 Å². The molecule has 0 radical (unpaired) electrons. The molecule has 2 heterocycles. The lowest BCUT2D eigenvalue weighted by Crippen LogP contribution is -2.46. The standard InChI is InChI=1S/C19H24N6/c1-3-17-14(2)22-19(21)23-18(17)25-9-7-24(8-10-25)13-16-6-4-5-15(11-16)12-20/h4-6,11H,3,7-10,13H2,1-2H3,(H2,21,22,23).